The molecule has 0 unspecified atom stereocenters. The van der Waals surface area contributed by atoms with Gasteiger partial charge < -0.3 is 9.84 Å². The number of hydrogen-bond acceptors (Lipinski definition) is 4. The van der Waals surface area contributed by atoms with Crippen molar-refractivity contribution in [3.63, 3.8) is 0 Å². The lowest BCUT2D eigenvalue weighted by atomic mass is 9.54. The van der Waals surface area contributed by atoms with Crippen molar-refractivity contribution < 1.29 is 14.6 Å². The smallest absolute Gasteiger partial charge is 0.328 e. The molecule has 128 valence electrons. The highest BCUT2D eigenvalue weighted by atomic mass is 16.5. The molecule has 4 saturated carbocycles. The van der Waals surface area contributed by atoms with Crippen molar-refractivity contribution >= 4 is 11.5 Å². The molecule has 0 radical (unpaired) electrons. The predicted octanol–water partition coefficient (Wildman–Crippen LogP) is 3.70. The summed E-state index contributed by atoms with van der Waals surface area (Å²) >= 11 is 0. The number of ether oxygens (including phenoxy) is 1. The Morgan fingerprint density at radius 1 is 1.21 bits per heavy atom. The highest BCUT2D eigenvalue weighted by Crippen LogP contribution is 2.56. The molecule has 4 bridgehead atoms. The molecule has 5 heteroatoms. The van der Waals surface area contributed by atoms with E-state index in [0.717, 1.165) is 37.0 Å². The van der Waals surface area contributed by atoms with Crippen LogP contribution in [0, 0.1) is 17.8 Å². The topological polar surface area (TPSA) is 72.3 Å². The minimum atomic E-state index is -0.956. The van der Waals surface area contributed by atoms with Crippen molar-refractivity contribution in [3.8, 4) is 5.88 Å². The molecule has 4 aliphatic rings. The Kier molecular flexibility index (Phi) is 3.82. The maximum absolute atomic E-state index is 10.9. The molecule has 0 amide bonds. The third kappa shape index (κ3) is 2.92. The molecule has 0 spiro atoms. The van der Waals surface area contributed by atoms with Gasteiger partial charge in [0.05, 0.1) is 18.1 Å². The monoisotopic (exact) mass is 328 g/mol. The summed E-state index contributed by atoms with van der Waals surface area (Å²) in [5.41, 5.74) is 1.25. The summed E-state index contributed by atoms with van der Waals surface area (Å²) in [6, 6.07) is 0. The normalized spacial score (nSPS) is 34.4. The van der Waals surface area contributed by atoms with Gasteiger partial charge >= 0.3 is 5.97 Å². The van der Waals surface area contributed by atoms with Gasteiger partial charge in [-0.15, -0.1) is 0 Å². The molecule has 0 aliphatic heterocycles. The Morgan fingerprint density at radius 3 is 2.29 bits per heavy atom. The van der Waals surface area contributed by atoms with Crippen molar-refractivity contribution in [2.24, 2.45) is 17.8 Å². The van der Waals surface area contributed by atoms with E-state index in [1.165, 1.54) is 25.3 Å². The van der Waals surface area contributed by atoms with E-state index in [1.807, 2.05) is 6.92 Å². The average Bonchev–Trinajstić information content (AvgIpc) is 2.51. The molecule has 1 heterocycles. The average molecular weight is 328 g/mol. The third-order valence-electron chi connectivity index (χ3n) is 5.94. The maximum Gasteiger partial charge on any atom is 0.328 e. The van der Waals surface area contributed by atoms with Crippen LogP contribution in [-0.2, 0) is 4.79 Å². The van der Waals surface area contributed by atoms with Gasteiger partial charge in [-0.05, 0) is 68.3 Å². The molecule has 24 heavy (non-hydrogen) atoms. The van der Waals surface area contributed by atoms with E-state index in [0.29, 0.717) is 23.6 Å². The van der Waals surface area contributed by atoms with Gasteiger partial charge in [0.15, 0.2) is 0 Å². The van der Waals surface area contributed by atoms with Crippen LogP contribution < -0.4 is 4.74 Å². The van der Waals surface area contributed by atoms with Gasteiger partial charge in [0, 0.05) is 6.08 Å². The van der Waals surface area contributed by atoms with Crippen molar-refractivity contribution in [3.05, 3.63) is 24.2 Å². The van der Waals surface area contributed by atoms with Crippen LogP contribution in [0.1, 0.15) is 57.6 Å². The molecule has 1 N–H and O–H groups in total. The number of nitrogens with zero attached hydrogens (tertiary/aromatic N) is 2. The number of carbonyl (C=O) groups is 1. The van der Waals surface area contributed by atoms with E-state index < -0.39 is 5.97 Å². The van der Waals surface area contributed by atoms with E-state index in [-0.39, 0.29) is 5.60 Å². The summed E-state index contributed by atoms with van der Waals surface area (Å²) in [6.45, 7) is 1.91. The van der Waals surface area contributed by atoms with E-state index >= 15 is 0 Å². The lowest BCUT2D eigenvalue weighted by molar-refractivity contribution is -0.131. The minimum Gasteiger partial charge on any atom is -0.478 e. The standard InChI is InChI=1S/C19H24N2O3/c1-2-15(6-18(22)23)16-10-21-17(11-20-16)24-19-7-12-3-13(8-19)5-14(4-12)9-19/h6,10-14H,2-5,7-9H2,1H3,(H,22,23)/b15-6+. The summed E-state index contributed by atoms with van der Waals surface area (Å²) in [4.78, 5) is 19.7. The van der Waals surface area contributed by atoms with Gasteiger partial charge in [-0.3, -0.25) is 0 Å². The van der Waals surface area contributed by atoms with Gasteiger partial charge in [-0.2, -0.15) is 0 Å². The molecule has 0 aromatic carbocycles. The predicted molar refractivity (Wildman–Crippen MR) is 89.5 cm³/mol. The Labute approximate surface area is 142 Å². The summed E-state index contributed by atoms with van der Waals surface area (Å²) in [5, 5.41) is 8.92. The summed E-state index contributed by atoms with van der Waals surface area (Å²) in [7, 11) is 0. The number of aromatic nitrogens is 2. The van der Waals surface area contributed by atoms with Crippen LogP contribution in [0.3, 0.4) is 0 Å². The molecule has 0 saturated heterocycles. The quantitative estimate of drug-likeness (QED) is 0.834. The van der Waals surface area contributed by atoms with Crippen LogP contribution in [0.15, 0.2) is 18.5 Å². The molecular formula is C19H24N2O3. The fourth-order valence-electron chi connectivity index (χ4n) is 5.42. The Bertz CT molecular complexity index is 630. The zero-order valence-electron chi connectivity index (χ0n) is 14.1. The zero-order valence-corrected chi connectivity index (χ0v) is 14.1. The number of rotatable bonds is 5. The van der Waals surface area contributed by atoms with Gasteiger partial charge in [0.2, 0.25) is 5.88 Å². The number of carboxylic acid groups (broad SMARTS) is 1. The molecule has 5 rings (SSSR count). The first-order valence-electron chi connectivity index (χ1n) is 9.00. The lowest BCUT2D eigenvalue weighted by Crippen LogP contribution is -2.53. The fraction of sp³-hybridized carbons (Fsp3) is 0.632. The van der Waals surface area contributed by atoms with Crippen LogP contribution in [-0.4, -0.2) is 26.6 Å². The first kappa shape index (κ1) is 15.6. The van der Waals surface area contributed by atoms with Gasteiger partial charge in [-0.1, -0.05) is 6.92 Å². The molecule has 1 aromatic rings. The Morgan fingerprint density at radius 2 is 1.83 bits per heavy atom. The number of aliphatic carboxylic acids is 1. The van der Waals surface area contributed by atoms with E-state index in [1.54, 1.807) is 12.4 Å². The first-order valence-corrected chi connectivity index (χ1v) is 9.00. The molecule has 5 nitrogen and oxygen atoms in total. The number of hydrogen-bond donors (Lipinski definition) is 1. The molecule has 0 atom stereocenters. The number of allylic oxidation sites excluding steroid dienone is 1. The van der Waals surface area contributed by atoms with Gasteiger partial charge in [0.25, 0.3) is 0 Å². The summed E-state index contributed by atoms with van der Waals surface area (Å²) < 4.78 is 6.35. The van der Waals surface area contributed by atoms with Crippen LogP contribution in [0.5, 0.6) is 5.88 Å². The Hall–Kier alpha value is -1.91. The zero-order chi connectivity index (χ0) is 16.7. The maximum atomic E-state index is 10.9. The largest absolute Gasteiger partial charge is 0.478 e. The second kappa shape index (κ2) is 5.87. The van der Waals surface area contributed by atoms with E-state index in [4.69, 9.17) is 9.84 Å². The SMILES string of the molecule is CC/C(=C\C(=O)O)c1cnc(OC23CC4CC(CC(C4)C2)C3)cn1. The Balaban J connectivity index is 1.51. The van der Waals surface area contributed by atoms with Crippen LogP contribution >= 0.6 is 0 Å². The van der Waals surface area contributed by atoms with Crippen LogP contribution in [0.25, 0.3) is 5.57 Å². The second-order valence-corrected chi connectivity index (χ2v) is 7.80. The van der Waals surface area contributed by atoms with Crippen molar-refractivity contribution in [2.45, 2.75) is 57.5 Å². The van der Waals surface area contributed by atoms with E-state index in [9.17, 15) is 4.79 Å². The van der Waals surface area contributed by atoms with Gasteiger partial charge in [-0.25, -0.2) is 14.8 Å². The van der Waals surface area contributed by atoms with Crippen molar-refractivity contribution in [1.82, 2.24) is 9.97 Å². The first-order chi connectivity index (χ1) is 11.5. The van der Waals surface area contributed by atoms with Crippen LogP contribution in [0.4, 0.5) is 0 Å². The summed E-state index contributed by atoms with van der Waals surface area (Å²) in [6.07, 6.45) is 12.7. The highest BCUT2D eigenvalue weighted by Gasteiger charge is 2.52. The fourth-order valence-corrected chi connectivity index (χ4v) is 5.42. The van der Waals surface area contributed by atoms with Crippen molar-refractivity contribution in [2.75, 3.05) is 0 Å². The van der Waals surface area contributed by atoms with Crippen molar-refractivity contribution in [1.29, 1.82) is 0 Å². The summed E-state index contributed by atoms with van der Waals surface area (Å²) in [5.74, 6) is 2.10. The van der Waals surface area contributed by atoms with E-state index in [2.05, 4.69) is 9.97 Å². The molecule has 4 aliphatic carbocycles. The highest BCUT2D eigenvalue weighted by molar-refractivity contribution is 5.89. The van der Waals surface area contributed by atoms with Crippen LogP contribution in [0.2, 0.25) is 0 Å². The third-order valence-corrected chi connectivity index (χ3v) is 5.94. The lowest BCUT2D eigenvalue weighted by Gasteiger charge is -2.55. The molecular weight excluding hydrogens is 304 g/mol. The molecule has 4 fully saturated rings. The molecule has 1 aromatic heterocycles. The second-order valence-electron chi connectivity index (χ2n) is 7.80. The number of carboxylic acids is 1. The minimum absolute atomic E-state index is 0.0323. The van der Waals surface area contributed by atoms with Gasteiger partial charge in [0.1, 0.15) is 5.60 Å².